The van der Waals surface area contributed by atoms with Gasteiger partial charge in [-0.25, -0.2) is 14.4 Å². The number of unbranched alkanes of at least 4 members (excludes halogenated alkanes) is 3. The van der Waals surface area contributed by atoms with Crippen LogP contribution in [0.15, 0.2) is 164 Å². The van der Waals surface area contributed by atoms with Gasteiger partial charge in [0.15, 0.2) is 0 Å². The highest BCUT2D eigenvalue weighted by Gasteiger charge is 2.29. The molecule has 102 heavy (non-hydrogen) atoms. The van der Waals surface area contributed by atoms with Gasteiger partial charge in [-0.3, -0.25) is 33.6 Å². The summed E-state index contributed by atoms with van der Waals surface area (Å²) in [4.78, 5) is 136. The molecule has 7 rings (SSSR count). The molecule has 0 aliphatic rings. The van der Waals surface area contributed by atoms with Gasteiger partial charge in [0.2, 0.25) is 17.7 Å². The van der Waals surface area contributed by atoms with Gasteiger partial charge >= 0.3 is 18.3 Å². The number of primary amides is 1. The van der Waals surface area contributed by atoms with Gasteiger partial charge in [-0.1, -0.05) is 91.0 Å². The third-order valence-electron chi connectivity index (χ3n) is 15.6. The average molecular weight is 1510 g/mol. The van der Waals surface area contributed by atoms with Gasteiger partial charge in [0, 0.05) is 40.3 Å². The number of amides is 10. The SMILES string of the molecule is COc1ccc(NC(=O)[C@H](CCCCNC(=O)OCc2ccccc2)NC(=O)c2cc(NC(=O)[C@H](CCCCNC(=O)OCc3ccccc3)NC(=O)c3cc(NC(=O)[C@H](CCCCNC(=O)OCc4ccccc4)NC(=O)c4cc(I)ccc4OC)ccc3OC)ccc2OC)cc1C(N)=O. The highest BCUT2D eigenvalue weighted by atomic mass is 127. The van der Waals surface area contributed by atoms with E-state index in [1.54, 1.807) is 18.2 Å². The van der Waals surface area contributed by atoms with E-state index in [0.717, 1.165) is 20.3 Å². The topological polar surface area (TPSA) is 370 Å². The van der Waals surface area contributed by atoms with Crippen LogP contribution in [0.3, 0.4) is 0 Å². The third-order valence-corrected chi connectivity index (χ3v) is 16.3. The van der Waals surface area contributed by atoms with Crippen molar-refractivity contribution in [3.05, 3.63) is 206 Å². The molecular formula is C74H83IN10O17. The van der Waals surface area contributed by atoms with Gasteiger partial charge in [-0.05, 0) is 170 Å². The Morgan fingerprint density at radius 1 is 0.363 bits per heavy atom. The van der Waals surface area contributed by atoms with Crippen LogP contribution >= 0.6 is 22.6 Å². The van der Waals surface area contributed by atoms with E-state index >= 15 is 0 Å². The molecule has 0 bridgehead atoms. The van der Waals surface area contributed by atoms with Crippen molar-refractivity contribution in [1.29, 1.82) is 0 Å². The van der Waals surface area contributed by atoms with E-state index in [9.17, 15) is 47.9 Å². The fourth-order valence-corrected chi connectivity index (χ4v) is 10.8. The molecule has 0 unspecified atom stereocenters. The lowest BCUT2D eigenvalue weighted by atomic mass is 10.1. The highest BCUT2D eigenvalue weighted by Crippen LogP contribution is 2.28. The lowest BCUT2D eigenvalue weighted by Crippen LogP contribution is -2.44. The van der Waals surface area contributed by atoms with Crippen molar-refractivity contribution in [2.24, 2.45) is 5.73 Å². The molecule has 3 atom stereocenters. The maximum atomic E-state index is 14.7. The van der Waals surface area contributed by atoms with E-state index in [0.29, 0.717) is 32.1 Å². The summed E-state index contributed by atoms with van der Waals surface area (Å²) in [5, 5.41) is 24.8. The number of benzene rings is 7. The number of carbonyl (C=O) groups excluding carboxylic acids is 10. The van der Waals surface area contributed by atoms with Crippen molar-refractivity contribution in [2.45, 2.75) is 95.7 Å². The van der Waals surface area contributed by atoms with E-state index in [1.165, 1.54) is 83.0 Å². The molecule has 11 N–H and O–H groups in total. The quantitative estimate of drug-likeness (QED) is 0.00977. The predicted octanol–water partition coefficient (Wildman–Crippen LogP) is 9.93. The molecule has 7 aromatic carbocycles. The van der Waals surface area contributed by atoms with Crippen LogP contribution in [0.4, 0.5) is 31.4 Å². The van der Waals surface area contributed by atoms with Gasteiger partial charge < -0.3 is 86.7 Å². The normalized spacial score (nSPS) is 11.5. The molecule has 0 aliphatic heterocycles. The summed E-state index contributed by atoms with van der Waals surface area (Å²) in [5.41, 5.74) is 8.29. The monoisotopic (exact) mass is 1510 g/mol. The molecule has 7 aromatic rings. The molecule has 0 saturated carbocycles. The lowest BCUT2D eigenvalue weighted by molar-refractivity contribution is -0.118. The number of nitrogens with two attached hydrogens (primary N) is 1. The predicted molar refractivity (Wildman–Crippen MR) is 388 cm³/mol. The standard InChI is InChI=1S/C74H83IN10O17/c1-96-61-34-30-51(41-54(61)65(76)86)80-69(90)59(27-15-18-38-78-73(94)101-45-48-22-10-6-11-23-48)84-67(88)56-43-53(32-36-63(56)98-3)82-71(92)60(28-16-19-39-79-74(95)102-46-49-24-12-7-13-25-49)85-68(89)57-42-52(31-35-64(57)99-4)81-70(91)58(83-66(87)55-40-50(75)29-33-62(55)97-2)26-14-17-37-77-72(93)100-44-47-20-8-5-9-21-47/h5-13,20-25,29-36,40-43,58-60H,14-19,26-28,37-39,44-46H2,1-4H3,(H2,76,86)(H,77,93)(H,78,94)(H,79,95)(H,80,90)(H,81,91)(H,82,92)(H,83,87)(H,84,88)(H,85,89)/t58-,59-,60-/m0/s1. The number of nitrogens with one attached hydrogen (secondary N) is 9. The second kappa shape index (κ2) is 41.2. The molecule has 27 nitrogen and oxygen atoms in total. The number of rotatable bonds is 38. The Kier molecular flexibility index (Phi) is 31.5. The molecule has 0 heterocycles. The van der Waals surface area contributed by atoms with E-state index in [1.807, 2.05) is 91.0 Å². The van der Waals surface area contributed by atoms with E-state index < -0.39 is 77.8 Å². The summed E-state index contributed by atoms with van der Waals surface area (Å²) in [6.45, 7) is 0.675. The van der Waals surface area contributed by atoms with E-state index in [4.69, 9.17) is 38.9 Å². The minimum absolute atomic E-state index is 0.00606. The van der Waals surface area contributed by atoms with Crippen LogP contribution in [0, 0.1) is 3.57 Å². The summed E-state index contributed by atoms with van der Waals surface area (Å²) in [6.07, 6.45) is 0.194. The summed E-state index contributed by atoms with van der Waals surface area (Å²) >= 11 is 2.06. The minimum atomic E-state index is -1.32. The van der Waals surface area contributed by atoms with Crippen LogP contribution in [-0.4, -0.2) is 126 Å². The number of alkyl carbamates (subject to hydrolysis) is 3. The van der Waals surface area contributed by atoms with Crippen LogP contribution in [-0.2, 0) is 48.4 Å². The van der Waals surface area contributed by atoms with Gasteiger partial charge in [0.25, 0.3) is 23.6 Å². The maximum Gasteiger partial charge on any atom is 0.407 e. The van der Waals surface area contributed by atoms with Crippen molar-refractivity contribution in [2.75, 3.05) is 64.0 Å². The summed E-state index contributed by atoms with van der Waals surface area (Å²) < 4.78 is 38.7. The molecule has 10 amide bonds. The van der Waals surface area contributed by atoms with Gasteiger partial charge in [-0.2, -0.15) is 0 Å². The number of anilines is 3. The van der Waals surface area contributed by atoms with Gasteiger partial charge in [0.1, 0.15) is 60.9 Å². The van der Waals surface area contributed by atoms with E-state index in [2.05, 4.69) is 70.4 Å². The number of methoxy groups -OCH3 is 4. The first-order chi connectivity index (χ1) is 49.3. The Labute approximate surface area is 603 Å². The zero-order chi connectivity index (χ0) is 73.2. The summed E-state index contributed by atoms with van der Waals surface area (Å²) in [6, 6.07) is 41.4. The molecule has 0 saturated heterocycles. The van der Waals surface area contributed by atoms with Crippen LogP contribution in [0.2, 0.25) is 0 Å². The Morgan fingerprint density at radius 2 is 0.647 bits per heavy atom. The van der Waals surface area contributed by atoms with Crippen molar-refractivity contribution in [3.63, 3.8) is 0 Å². The van der Waals surface area contributed by atoms with Gasteiger partial charge in [0.05, 0.1) is 50.7 Å². The molecular weight excluding hydrogens is 1430 g/mol. The second-order valence-corrected chi connectivity index (χ2v) is 24.2. The Bertz CT molecular complexity index is 4000. The zero-order valence-electron chi connectivity index (χ0n) is 56.8. The maximum absolute atomic E-state index is 14.7. The van der Waals surface area contributed by atoms with Crippen molar-refractivity contribution >= 4 is 99.3 Å². The Balaban J connectivity index is 1.07. The molecule has 28 heteroatoms. The fourth-order valence-electron chi connectivity index (χ4n) is 10.3. The number of hydrogen-bond acceptors (Lipinski definition) is 17. The first kappa shape index (κ1) is 77.9. The summed E-state index contributed by atoms with van der Waals surface area (Å²) in [5.74, 6) is -4.57. The third kappa shape index (κ3) is 25.4. The first-order valence-corrected chi connectivity index (χ1v) is 33.8. The van der Waals surface area contributed by atoms with Crippen molar-refractivity contribution in [1.82, 2.24) is 31.9 Å². The Hall–Kier alpha value is -11.4. The fraction of sp³-hybridized carbons (Fsp3) is 0.297. The highest BCUT2D eigenvalue weighted by molar-refractivity contribution is 14.1. The number of ether oxygens (including phenoxy) is 7. The lowest BCUT2D eigenvalue weighted by Gasteiger charge is -2.22. The second-order valence-electron chi connectivity index (χ2n) is 23.0. The minimum Gasteiger partial charge on any atom is -0.496 e. The van der Waals surface area contributed by atoms with Gasteiger partial charge in [-0.15, -0.1) is 0 Å². The van der Waals surface area contributed by atoms with Crippen molar-refractivity contribution < 1.29 is 81.1 Å². The largest absolute Gasteiger partial charge is 0.496 e. The molecule has 0 aromatic heterocycles. The summed E-state index contributed by atoms with van der Waals surface area (Å²) in [7, 11) is 5.42. The smallest absolute Gasteiger partial charge is 0.407 e. The Morgan fingerprint density at radius 3 is 0.951 bits per heavy atom. The molecule has 0 aliphatic carbocycles. The van der Waals surface area contributed by atoms with Crippen LogP contribution in [0.1, 0.15) is 116 Å². The average Bonchev–Trinajstić information content (AvgIpc) is 0.836. The molecule has 538 valence electrons. The van der Waals surface area contributed by atoms with Crippen molar-refractivity contribution in [3.8, 4) is 23.0 Å². The number of hydrogen-bond donors (Lipinski definition) is 10. The van der Waals surface area contributed by atoms with Crippen LogP contribution < -0.4 is 72.5 Å². The molecule has 0 radical (unpaired) electrons. The molecule has 0 fully saturated rings. The zero-order valence-corrected chi connectivity index (χ0v) is 59.0. The molecule has 0 spiro atoms. The number of carbonyl (C=O) groups is 10. The number of halogens is 1. The van der Waals surface area contributed by atoms with Crippen LogP contribution in [0.25, 0.3) is 0 Å². The van der Waals surface area contributed by atoms with Crippen LogP contribution in [0.5, 0.6) is 23.0 Å². The first-order valence-electron chi connectivity index (χ1n) is 32.7. The van der Waals surface area contributed by atoms with E-state index in [-0.39, 0.29) is 127 Å².